The maximum atomic E-state index is 12.4. The number of rotatable bonds is 5. The van der Waals surface area contributed by atoms with E-state index in [4.69, 9.17) is 9.51 Å². The summed E-state index contributed by atoms with van der Waals surface area (Å²) in [7, 11) is 0. The maximum absolute atomic E-state index is 12.4. The van der Waals surface area contributed by atoms with Crippen molar-refractivity contribution >= 4 is 5.91 Å². The van der Waals surface area contributed by atoms with Crippen molar-refractivity contribution in [1.29, 1.82) is 0 Å². The Balaban J connectivity index is 1.38. The highest BCUT2D eigenvalue weighted by atomic mass is 16.5. The number of amides is 1. The van der Waals surface area contributed by atoms with Crippen LogP contribution in [-0.4, -0.2) is 27.6 Å². The number of hydrogen-bond donors (Lipinski definition) is 1. The fraction of sp³-hybridized carbons (Fsp3) is 0.583. The zero-order valence-electron chi connectivity index (χ0n) is 18.3. The second-order valence-corrected chi connectivity index (χ2v) is 8.88. The van der Waals surface area contributed by atoms with E-state index in [1.54, 1.807) is 0 Å². The minimum Gasteiger partial charge on any atom is -0.356 e. The quantitative estimate of drug-likeness (QED) is 0.719. The van der Waals surface area contributed by atoms with Crippen LogP contribution in [0.25, 0.3) is 11.3 Å². The summed E-state index contributed by atoms with van der Waals surface area (Å²) in [5.74, 6) is 2.90. The number of allylic oxidation sites excluding steroid dienone is 2. The normalized spacial score (nSPS) is 24.0. The van der Waals surface area contributed by atoms with Crippen LogP contribution in [0, 0.1) is 32.6 Å². The van der Waals surface area contributed by atoms with Gasteiger partial charge in [0.15, 0.2) is 5.76 Å². The van der Waals surface area contributed by atoms with Crippen LogP contribution in [-0.2, 0) is 4.79 Å². The lowest BCUT2D eigenvalue weighted by Crippen LogP contribution is -2.35. The van der Waals surface area contributed by atoms with Gasteiger partial charge in [-0.05, 0) is 71.6 Å². The van der Waals surface area contributed by atoms with Crippen LogP contribution in [0.5, 0.6) is 0 Å². The zero-order chi connectivity index (χ0) is 21.1. The van der Waals surface area contributed by atoms with Crippen LogP contribution >= 0.6 is 0 Å². The third-order valence-corrected chi connectivity index (χ3v) is 6.78. The monoisotopic (exact) mass is 408 g/mol. The number of carbonyl (C=O) groups excluding carboxylic acids is 1. The zero-order valence-corrected chi connectivity index (χ0v) is 18.3. The molecule has 6 heteroatoms. The molecule has 4 rings (SSSR count). The van der Waals surface area contributed by atoms with Gasteiger partial charge in [-0.3, -0.25) is 4.79 Å². The largest absolute Gasteiger partial charge is 0.356 e. The Morgan fingerprint density at radius 2 is 1.93 bits per heavy atom. The molecule has 2 heterocycles. The smallest absolute Gasteiger partial charge is 0.223 e. The SMILES string of the molecule is Cc1ncc(-c2onc(C)c2C)c(C2CCC(CNC(=O)[C@H]3CC=CCC3)CC2)n1. The molecule has 0 bridgehead atoms. The van der Waals surface area contributed by atoms with Gasteiger partial charge in [0.2, 0.25) is 5.91 Å². The van der Waals surface area contributed by atoms with E-state index in [0.29, 0.717) is 11.8 Å². The molecule has 160 valence electrons. The molecule has 2 aliphatic rings. The molecule has 6 nitrogen and oxygen atoms in total. The molecule has 0 unspecified atom stereocenters. The average Bonchev–Trinajstić information content (AvgIpc) is 3.11. The van der Waals surface area contributed by atoms with E-state index in [1.165, 1.54) is 0 Å². The minimum absolute atomic E-state index is 0.159. The molecular weight excluding hydrogens is 376 g/mol. The van der Waals surface area contributed by atoms with E-state index >= 15 is 0 Å². The summed E-state index contributed by atoms with van der Waals surface area (Å²) in [6.45, 7) is 6.72. The molecule has 0 spiro atoms. The van der Waals surface area contributed by atoms with Gasteiger partial charge in [0.1, 0.15) is 5.82 Å². The Bertz CT molecular complexity index is 925. The van der Waals surface area contributed by atoms with E-state index in [2.05, 4.69) is 27.6 Å². The summed E-state index contributed by atoms with van der Waals surface area (Å²) in [5, 5.41) is 7.33. The highest BCUT2D eigenvalue weighted by Crippen LogP contribution is 2.39. The molecular formula is C24H32N4O2. The van der Waals surface area contributed by atoms with Crippen LogP contribution in [0.3, 0.4) is 0 Å². The molecule has 0 saturated heterocycles. The molecule has 1 atom stereocenters. The molecule has 1 saturated carbocycles. The lowest BCUT2D eigenvalue weighted by Gasteiger charge is -2.29. The fourth-order valence-electron chi connectivity index (χ4n) is 4.70. The average molecular weight is 409 g/mol. The molecule has 0 radical (unpaired) electrons. The summed E-state index contributed by atoms with van der Waals surface area (Å²) in [4.78, 5) is 21.6. The maximum Gasteiger partial charge on any atom is 0.223 e. The van der Waals surface area contributed by atoms with Crippen molar-refractivity contribution in [3.8, 4) is 11.3 Å². The van der Waals surface area contributed by atoms with Gasteiger partial charge in [0.05, 0.1) is 17.0 Å². The predicted molar refractivity (Wildman–Crippen MR) is 116 cm³/mol. The van der Waals surface area contributed by atoms with Crippen molar-refractivity contribution in [2.75, 3.05) is 6.54 Å². The van der Waals surface area contributed by atoms with Crippen LogP contribution < -0.4 is 5.32 Å². The first kappa shape index (κ1) is 20.8. The van der Waals surface area contributed by atoms with E-state index in [9.17, 15) is 4.79 Å². The van der Waals surface area contributed by atoms with Gasteiger partial charge < -0.3 is 9.84 Å². The number of carbonyl (C=O) groups is 1. The van der Waals surface area contributed by atoms with Crippen molar-refractivity contribution in [2.24, 2.45) is 11.8 Å². The molecule has 1 amide bonds. The first-order valence-corrected chi connectivity index (χ1v) is 11.2. The van der Waals surface area contributed by atoms with E-state index in [-0.39, 0.29) is 11.8 Å². The Kier molecular flexibility index (Phi) is 6.30. The molecule has 0 aromatic carbocycles. The van der Waals surface area contributed by atoms with Gasteiger partial charge in [0.25, 0.3) is 0 Å². The fourth-order valence-corrected chi connectivity index (χ4v) is 4.70. The highest BCUT2D eigenvalue weighted by molar-refractivity contribution is 5.79. The number of aryl methyl sites for hydroxylation is 2. The lowest BCUT2D eigenvalue weighted by atomic mass is 9.79. The molecule has 2 aromatic rings. The number of nitrogens with one attached hydrogen (secondary N) is 1. The Morgan fingerprint density at radius 1 is 1.13 bits per heavy atom. The topological polar surface area (TPSA) is 80.9 Å². The van der Waals surface area contributed by atoms with Crippen molar-refractivity contribution in [3.05, 3.63) is 41.1 Å². The standard InChI is InChI=1S/C24H32N4O2/c1-15-16(2)28-30-23(15)21-14-25-17(3)27-22(21)19-11-9-18(10-12-19)13-26-24(29)20-7-5-4-6-8-20/h4-5,14,18-20H,6-13H2,1-3H3,(H,26,29)/t18?,19?,20-/m0/s1. The Labute approximate surface area is 178 Å². The van der Waals surface area contributed by atoms with Gasteiger partial charge in [0, 0.05) is 30.1 Å². The number of hydrogen-bond acceptors (Lipinski definition) is 5. The Morgan fingerprint density at radius 3 is 2.60 bits per heavy atom. The Hall–Kier alpha value is -2.50. The van der Waals surface area contributed by atoms with Crippen molar-refractivity contribution < 1.29 is 9.32 Å². The third-order valence-electron chi connectivity index (χ3n) is 6.78. The van der Waals surface area contributed by atoms with Crippen LogP contribution in [0.2, 0.25) is 0 Å². The number of aromatic nitrogens is 3. The lowest BCUT2D eigenvalue weighted by molar-refractivity contribution is -0.125. The molecule has 0 aliphatic heterocycles. The van der Waals surface area contributed by atoms with E-state index < -0.39 is 0 Å². The summed E-state index contributed by atoms with van der Waals surface area (Å²) < 4.78 is 5.61. The van der Waals surface area contributed by atoms with Gasteiger partial charge in [-0.25, -0.2) is 9.97 Å². The van der Waals surface area contributed by atoms with Gasteiger partial charge in [-0.1, -0.05) is 17.3 Å². The molecule has 30 heavy (non-hydrogen) atoms. The van der Waals surface area contributed by atoms with Gasteiger partial charge >= 0.3 is 0 Å². The van der Waals surface area contributed by atoms with Crippen LogP contribution in [0.4, 0.5) is 0 Å². The second kappa shape index (κ2) is 9.11. The van der Waals surface area contributed by atoms with Crippen LogP contribution in [0.15, 0.2) is 22.9 Å². The predicted octanol–water partition coefficient (Wildman–Crippen LogP) is 4.80. The summed E-state index contributed by atoms with van der Waals surface area (Å²) in [6, 6.07) is 0. The first-order chi connectivity index (χ1) is 14.5. The van der Waals surface area contributed by atoms with Gasteiger partial charge in [-0.2, -0.15) is 0 Å². The van der Waals surface area contributed by atoms with Crippen molar-refractivity contribution in [3.63, 3.8) is 0 Å². The van der Waals surface area contributed by atoms with Crippen LogP contribution in [0.1, 0.15) is 73.6 Å². The van der Waals surface area contributed by atoms with Crippen molar-refractivity contribution in [2.45, 2.75) is 71.6 Å². The van der Waals surface area contributed by atoms with E-state index in [0.717, 1.165) is 85.6 Å². The minimum atomic E-state index is 0.159. The molecule has 1 fully saturated rings. The summed E-state index contributed by atoms with van der Waals surface area (Å²) in [5.41, 5.74) is 4.01. The molecule has 2 aromatic heterocycles. The molecule has 2 aliphatic carbocycles. The van der Waals surface area contributed by atoms with E-state index in [1.807, 2.05) is 27.0 Å². The summed E-state index contributed by atoms with van der Waals surface area (Å²) in [6.07, 6.45) is 13.4. The first-order valence-electron chi connectivity index (χ1n) is 11.2. The van der Waals surface area contributed by atoms with Crippen molar-refractivity contribution in [1.82, 2.24) is 20.4 Å². The molecule has 1 N–H and O–H groups in total. The highest BCUT2D eigenvalue weighted by Gasteiger charge is 2.28. The number of nitrogens with zero attached hydrogens (tertiary/aromatic N) is 3. The second-order valence-electron chi connectivity index (χ2n) is 8.88. The third kappa shape index (κ3) is 4.47. The van der Waals surface area contributed by atoms with Gasteiger partial charge in [-0.15, -0.1) is 0 Å². The summed E-state index contributed by atoms with van der Waals surface area (Å²) >= 11 is 0.